The van der Waals surface area contributed by atoms with Gasteiger partial charge in [0.2, 0.25) is 0 Å². The minimum atomic E-state index is -1.51. The average Bonchev–Trinajstić information content (AvgIpc) is 3.16. The highest BCUT2D eigenvalue weighted by Crippen LogP contribution is 2.41. The van der Waals surface area contributed by atoms with Gasteiger partial charge in [0.05, 0.1) is 6.61 Å². The lowest BCUT2D eigenvalue weighted by atomic mass is 9.84. The van der Waals surface area contributed by atoms with Crippen molar-refractivity contribution in [1.82, 2.24) is 9.55 Å². The van der Waals surface area contributed by atoms with Crippen LogP contribution in [0.2, 0.25) is 5.02 Å². The van der Waals surface area contributed by atoms with Gasteiger partial charge in [0.15, 0.2) is 11.9 Å². The zero-order valence-corrected chi connectivity index (χ0v) is 16.5. The molecule has 1 N–H and O–H groups in total. The Morgan fingerprint density at radius 1 is 1.18 bits per heavy atom. The van der Waals surface area contributed by atoms with Crippen LogP contribution < -0.4 is 4.74 Å². The molecule has 0 spiro atoms. The van der Waals surface area contributed by atoms with E-state index >= 15 is 0 Å². The maximum atomic E-state index is 12.0. The first-order valence-electron chi connectivity index (χ1n) is 9.43. The Bertz CT molecular complexity index is 935. The molecular weight excluding hydrogens is 376 g/mol. The van der Waals surface area contributed by atoms with Gasteiger partial charge in [0.25, 0.3) is 0 Å². The largest absolute Gasteiger partial charge is 0.465 e. The van der Waals surface area contributed by atoms with Crippen molar-refractivity contribution in [3.05, 3.63) is 82.9 Å². The minimum absolute atomic E-state index is 0.314. The number of aromatic nitrogens is 2. The maximum Gasteiger partial charge on any atom is 0.199 e. The Morgan fingerprint density at radius 3 is 2.64 bits per heavy atom. The molecule has 1 aromatic heterocycles. The first kappa shape index (κ1) is 19.0. The quantitative estimate of drug-likeness (QED) is 0.697. The predicted molar refractivity (Wildman–Crippen MR) is 107 cm³/mol. The fraction of sp³-hybridized carbons (Fsp3) is 0.318. The first-order valence-corrected chi connectivity index (χ1v) is 9.81. The molecule has 146 valence electrons. The van der Waals surface area contributed by atoms with Crippen LogP contribution in [0.5, 0.6) is 5.75 Å². The van der Waals surface area contributed by atoms with Gasteiger partial charge in [-0.15, -0.1) is 0 Å². The third-order valence-corrected chi connectivity index (χ3v) is 5.33. The Hall–Kier alpha value is -2.34. The predicted octanol–water partition coefficient (Wildman–Crippen LogP) is 4.26. The summed E-state index contributed by atoms with van der Waals surface area (Å²) in [7, 11) is 1.86. The van der Waals surface area contributed by atoms with E-state index in [1.807, 2.05) is 54.2 Å². The second-order valence-corrected chi connectivity index (χ2v) is 7.43. The van der Waals surface area contributed by atoms with E-state index in [0.29, 0.717) is 34.3 Å². The third kappa shape index (κ3) is 3.53. The minimum Gasteiger partial charge on any atom is -0.465 e. The van der Waals surface area contributed by atoms with E-state index < -0.39 is 5.60 Å². The number of ether oxygens (including phenoxy) is 2. The van der Waals surface area contributed by atoms with Crippen molar-refractivity contribution in [3.8, 4) is 5.75 Å². The lowest BCUT2D eigenvalue weighted by Gasteiger charge is -2.32. The number of aliphatic hydroxyl groups is 1. The molecule has 0 saturated carbocycles. The lowest BCUT2D eigenvalue weighted by Crippen LogP contribution is -2.34. The van der Waals surface area contributed by atoms with Crippen LogP contribution in [0.3, 0.4) is 0 Å². The first-order chi connectivity index (χ1) is 13.6. The zero-order chi connectivity index (χ0) is 19.6. The molecule has 28 heavy (non-hydrogen) atoms. The van der Waals surface area contributed by atoms with Gasteiger partial charge in [0, 0.05) is 36.4 Å². The van der Waals surface area contributed by atoms with Gasteiger partial charge in [-0.2, -0.15) is 0 Å². The van der Waals surface area contributed by atoms with Crippen molar-refractivity contribution in [2.24, 2.45) is 7.05 Å². The van der Waals surface area contributed by atoms with Crippen LogP contribution in [0, 0.1) is 0 Å². The molecule has 3 aromatic rings. The van der Waals surface area contributed by atoms with Crippen molar-refractivity contribution >= 4 is 11.6 Å². The molecule has 1 saturated heterocycles. The summed E-state index contributed by atoms with van der Waals surface area (Å²) in [5.41, 5.74) is -0.235. The summed E-state index contributed by atoms with van der Waals surface area (Å²) in [5.74, 6) is 1.07. The van der Waals surface area contributed by atoms with Gasteiger partial charge in [0.1, 0.15) is 11.6 Å². The fourth-order valence-electron chi connectivity index (χ4n) is 3.62. The Labute approximate surface area is 169 Å². The van der Waals surface area contributed by atoms with Crippen molar-refractivity contribution < 1.29 is 14.6 Å². The van der Waals surface area contributed by atoms with E-state index in [0.717, 1.165) is 19.3 Å². The molecule has 1 aliphatic rings. The third-order valence-electron chi connectivity index (χ3n) is 5.08. The molecule has 0 unspecified atom stereocenters. The summed E-state index contributed by atoms with van der Waals surface area (Å²) >= 11 is 6.08. The fourth-order valence-corrected chi connectivity index (χ4v) is 3.75. The molecule has 0 aliphatic carbocycles. The summed E-state index contributed by atoms with van der Waals surface area (Å²) in [5, 5.41) is 12.7. The molecule has 2 aromatic carbocycles. The van der Waals surface area contributed by atoms with E-state index in [1.165, 1.54) is 0 Å². The molecule has 2 atom stereocenters. The van der Waals surface area contributed by atoms with Gasteiger partial charge in [-0.1, -0.05) is 41.9 Å². The van der Waals surface area contributed by atoms with Crippen LogP contribution >= 0.6 is 11.6 Å². The van der Waals surface area contributed by atoms with E-state index in [4.69, 9.17) is 21.1 Å². The van der Waals surface area contributed by atoms with Crippen LogP contribution in [-0.2, 0) is 17.4 Å². The number of rotatable bonds is 5. The number of aryl methyl sites for hydroxylation is 1. The normalized spacial score (nSPS) is 19.2. The molecule has 5 nitrogen and oxygen atoms in total. The summed E-state index contributed by atoms with van der Waals surface area (Å²) in [6, 6.07) is 14.6. The van der Waals surface area contributed by atoms with E-state index in [1.54, 1.807) is 18.3 Å². The second kappa shape index (κ2) is 7.95. The van der Waals surface area contributed by atoms with Crippen LogP contribution in [0.15, 0.2) is 60.9 Å². The Morgan fingerprint density at radius 2 is 1.96 bits per heavy atom. The van der Waals surface area contributed by atoms with Crippen LogP contribution in [0.1, 0.15) is 36.2 Å². The van der Waals surface area contributed by atoms with Crippen molar-refractivity contribution in [3.63, 3.8) is 0 Å². The number of nitrogens with zero attached hydrogens (tertiary/aromatic N) is 2. The number of hydrogen-bond donors (Lipinski definition) is 1. The van der Waals surface area contributed by atoms with E-state index in [9.17, 15) is 5.11 Å². The summed E-state index contributed by atoms with van der Waals surface area (Å²) in [4.78, 5) is 4.44. The smallest absolute Gasteiger partial charge is 0.199 e. The van der Waals surface area contributed by atoms with E-state index in [-0.39, 0.29) is 6.29 Å². The maximum absolute atomic E-state index is 12.0. The second-order valence-electron chi connectivity index (χ2n) is 6.99. The van der Waals surface area contributed by atoms with Gasteiger partial charge in [-0.3, -0.25) is 0 Å². The molecule has 1 aliphatic heterocycles. The van der Waals surface area contributed by atoms with Crippen molar-refractivity contribution in [2.75, 3.05) is 6.61 Å². The molecule has 0 radical (unpaired) electrons. The van der Waals surface area contributed by atoms with Crippen LogP contribution in [0.4, 0.5) is 0 Å². The SMILES string of the molecule is Cn1ccnc1[C@@](O)(c1ccc(Cl)cc1)c1ccccc1O[C@@H]1CCCCO1. The van der Waals surface area contributed by atoms with Crippen LogP contribution in [0.25, 0.3) is 0 Å². The number of imidazole rings is 1. The van der Waals surface area contributed by atoms with Crippen molar-refractivity contribution in [2.45, 2.75) is 31.2 Å². The number of halogens is 1. The van der Waals surface area contributed by atoms with Gasteiger partial charge in [-0.05, 0) is 36.6 Å². The molecule has 0 bridgehead atoms. The Balaban J connectivity index is 1.84. The highest BCUT2D eigenvalue weighted by molar-refractivity contribution is 6.30. The summed E-state index contributed by atoms with van der Waals surface area (Å²) in [6.45, 7) is 0.688. The average molecular weight is 399 g/mol. The molecule has 1 fully saturated rings. The van der Waals surface area contributed by atoms with E-state index in [2.05, 4.69) is 4.98 Å². The highest BCUT2D eigenvalue weighted by atomic mass is 35.5. The molecular formula is C22H23ClN2O3. The van der Waals surface area contributed by atoms with Gasteiger partial charge >= 0.3 is 0 Å². The standard InChI is InChI=1S/C22H23ClN2O3/c1-25-14-13-24-21(25)22(26,16-9-11-17(23)12-10-16)18-6-2-3-7-19(18)28-20-8-4-5-15-27-20/h2-3,6-7,9-14,20,26H,4-5,8,15H2,1H3/t20-,22-/m1/s1. The summed E-state index contributed by atoms with van der Waals surface area (Å²) in [6.07, 6.45) is 6.10. The number of para-hydroxylation sites is 1. The molecule has 0 amide bonds. The monoisotopic (exact) mass is 398 g/mol. The number of benzene rings is 2. The van der Waals surface area contributed by atoms with Gasteiger partial charge in [-0.25, -0.2) is 4.98 Å². The van der Waals surface area contributed by atoms with Crippen LogP contribution in [-0.4, -0.2) is 27.6 Å². The number of hydrogen-bond acceptors (Lipinski definition) is 4. The zero-order valence-electron chi connectivity index (χ0n) is 15.7. The molecule has 6 heteroatoms. The van der Waals surface area contributed by atoms with Gasteiger partial charge < -0.3 is 19.1 Å². The highest BCUT2D eigenvalue weighted by Gasteiger charge is 2.40. The molecule has 2 heterocycles. The van der Waals surface area contributed by atoms with Crippen molar-refractivity contribution in [1.29, 1.82) is 0 Å². The summed E-state index contributed by atoms with van der Waals surface area (Å²) < 4.78 is 13.7. The lowest BCUT2D eigenvalue weighted by molar-refractivity contribution is -0.107. The topological polar surface area (TPSA) is 56.5 Å². The molecule has 4 rings (SSSR count). The Kier molecular flexibility index (Phi) is 5.40.